The van der Waals surface area contributed by atoms with E-state index in [2.05, 4.69) is 57.3 Å². The molecule has 1 heterocycles. The first-order valence-electron chi connectivity index (χ1n) is 11.2. The monoisotopic (exact) mass is 423 g/mol. The highest BCUT2D eigenvalue weighted by Gasteiger charge is 2.62. The lowest BCUT2D eigenvalue weighted by Crippen LogP contribution is -2.98. The molecule has 0 aromatic heterocycles. The van der Waals surface area contributed by atoms with Crippen LogP contribution in [0.1, 0.15) is 73.1 Å². The van der Waals surface area contributed by atoms with Crippen LogP contribution < -0.4 is 10.6 Å². The van der Waals surface area contributed by atoms with Gasteiger partial charge in [-0.3, -0.25) is 0 Å². The minimum absolute atomic E-state index is 0.0420. The summed E-state index contributed by atoms with van der Waals surface area (Å²) in [5.74, 6) is 1.22. The molecule has 5 N–H and O–H groups in total. The highest BCUT2D eigenvalue weighted by Crippen LogP contribution is 2.55. The second-order valence-corrected chi connectivity index (χ2v) is 11.2. The molecule has 0 amide bonds. The Morgan fingerprint density at radius 2 is 1.76 bits per heavy atom. The van der Waals surface area contributed by atoms with Gasteiger partial charge in [-0.1, -0.05) is 0 Å². The number of nitrogens with two attached hydrogens (primary N) is 2. The quantitative estimate of drug-likeness (QED) is 0.359. The number of quaternary nitrogens is 2. The zero-order valence-corrected chi connectivity index (χ0v) is 19.7. The molecule has 3 rings (SSSR count). The Hall–Kier alpha value is -0.360. The van der Waals surface area contributed by atoms with Gasteiger partial charge < -0.3 is 20.5 Å². The predicted molar refractivity (Wildman–Crippen MR) is 118 cm³/mol. The van der Waals surface area contributed by atoms with Crippen LogP contribution >= 0.6 is 12.2 Å². The average Bonchev–Trinajstić information content (AvgIpc) is 3.05. The SMILES string of the molecule is [CH2-][NH2+]C1C2C(CCC1(C)O)C(C)([NH2+][CH2-])CCC2C1(C)CCC(C(C)(C)N=C=S)O1. The summed E-state index contributed by atoms with van der Waals surface area (Å²) in [5.41, 5.74) is -1.19. The van der Waals surface area contributed by atoms with Crippen molar-refractivity contribution < 1.29 is 20.5 Å². The van der Waals surface area contributed by atoms with E-state index in [0.717, 1.165) is 38.5 Å². The summed E-state index contributed by atoms with van der Waals surface area (Å²) in [4.78, 5) is 4.39. The molecule has 0 radical (unpaired) electrons. The second-order valence-electron chi connectivity index (χ2n) is 11.0. The first-order chi connectivity index (χ1) is 13.4. The summed E-state index contributed by atoms with van der Waals surface area (Å²) < 4.78 is 6.80. The van der Waals surface area contributed by atoms with E-state index in [9.17, 15) is 5.11 Å². The Bertz CT molecular complexity index is 663. The second kappa shape index (κ2) is 7.96. The topological polar surface area (TPSA) is 75.0 Å². The maximum atomic E-state index is 11.2. The van der Waals surface area contributed by atoms with Gasteiger partial charge in [0, 0.05) is 18.3 Å². The third kappa shape index (κ3) is 3.97. The Labute approximate surface area is 182 Å². The van der Waals surface area contributed by atoms with Crippen LogP contribution in [0, 0.1) is 31.8 Å². The zero-order valence-electron chi connectivity index (χ0n) is 18.9. The average molecular weight is 424 g/mol. The van der Waals surface area contributed by atoms with Gasteiger partial charge >= 0.3 is 0 Å². The molecule has 3 fully saturated rings. The van der Waals surface area contributed by atoms with Crippen molar-refractivity contribution in [2.45, 2.75) is 108 Å². The Balaban J connectivity index is 1.95. The van der Waals surface area contributed by atoms with Crippen molar-refractivity contribution in [1.82, 2.24) is 0 Å². The van der Waals surface area contributed by atoms with E-state index >= 15 is 0 Å². The van der Waals surface area contributed by atoms with Gasteiger partial charge in [-0.05, 0) is 84.9 Å². The number of hydrogen-bond acceptors (Lipinski definition) is 4. The number of fused-ring (bicyclic) bond motifs is 1. The van der Waals surface area contributed by atoms with E-state index in [1.165, 1.54) is 0 Å². The van der Waals surface area contributed by atoms with Crippen LogP contribution in [0.5, 0.6) is 0 Å². The largest absolute Gasteiger partial charge is 0.474 e. The van der Waals surface area contributed by atoms with Crippen LogP contribution in [0.3, 0.4) is 0 Å². The molecule has 166 valence electrons. The van der Waals surface area contributed by atoms with Gasteiger partial charge in [0.2, 0.25) is 0 Å². The number of ether oxygens (including phenoxy) is 1. The molecular weight excluding hydrogens is 382 g/mol. The molecule has 0 spiro atoms. The number of nitrogens with zero attached hydrogens (tertiary/aromatic N) is 1. The maximum absolute atomic E-state index is 11.2. The molecule has 8 atom stereocenters. The van der Waals surface area contributed by atoms with Crippen molar-refractivity contribution in [3.8, 4) is 0 Å². The summed E-state index contributed by atoms with van der Waals surface area (Å²) in [5, 5.41) is 18.0. The number of isothiocyanates is 1. The molecule has 2 aliphatic carbocycles. The van der Waals surface area contributed by atoms with Crippen molar-refractivity contribution in [2.24, 2.45) is 22.7 Å². The molecule has 5 nitrogen and oxygen atoms in total. The van der Waals surface area contributed by atoms with Crippen molar-refractivity contribution in [1.29, 1.82) is 0 Å². The lowest BCUT2D eigenvalue weighted by atomic mass is 9.51. The molecule has 2 saturated carbocycles. The van der Waals surface area contributed by atoms with Crippen LogP contribution in [-0.2, 0) is 4.74 Å². The summed E-state index contributed by atoms with van der Waals surface area (Å²) in [6.07, 6.45) is 6.09. The molecule has 0 aromatic carbocycles. The van der Waals surface area contributed by atoms with Crippen LogP contribution in [0.25, 0.3) is 0 Å². The number of thiocarbonyl (C=S) groups is 1. The molecule has 29 heavy (non-hydrogen) atoms. The number of hydrogen-bond donors (Lipinski definition) is 3. The minimum atomic E-state index is -0.712. The van der Waals surface area contributed by atoms with Gasteiger partial charge in [-0.15, -0.1) is 0 Å². The molecule has 6 heteroatoms. The fourth-order valence-electron chi connectivity index (χ4n) is 6.81. The van der Waals surface area contributed by atoms with E-state index in [1.54, 1.807) is 0 Å². The summed E-state index contributed by atoms with van der Waals surface area (Å²) in [6, 6.07) is 0.0670. The smallest absolute Gasteiger partial charge is 0.111 e. The normalized spacial score (nSPS) is 48.1. The zero-order chi connectivity index (χ0) is 21.7. The van der Waals surface area contributed by atoms with Gasteiger partial charge in [0.25, 0.3) is 0 Å². The third-order valence-electron chi connectivity index (χ3n) is 8.81. The summed E-state index contributed by atoms with van der Waals surface area (Å²) in [7, 11) is 8.34. The van der Waals surface area contributed by atoms with Crippen LogP contribution in [0.2, 0.25) is 0 Å². The lowest BCUT2D eigenvalue weighted by molar-refractivity contribution is -0.703. The Morgan fingerprint density at radius 1 is 1.10 bits per heavy atom. The molecule has 0 aromatic rings. The third-order valence-corrected chi connectivity index (χ3v) is 8.90. The van der Waals surface area contributed by atoms with Crippen LogP contribution in [0.4, 0.5) is 0 Å². The number of aliphatic imine (C=N–C) groups is 1. The summed E-state index contributed by atoms with van der Waals surface area (Å²) in [6.45, 7) is 10.8. The molecule has 0 bridgehead atoms. The van der Waals surface area contributed by atoms with E-state index in [1.807, 2.05) is 12.2 Å². The van der Waals surface area contributed by atoms with Gasteiger partial charge in [0.05, 0.1) is 34.0 Å². The molecule has 3 aliphatic rings. The lowest BCUT2D eigenvalue weighted by Gasteiger charge is -2.59. The van der Waals surface area contributed by atoms with Gasteiger partial charge in [0.15, 0.2) is 0 Å². The first-order valence-corrected chi connectivity index (χ1v) is 11.6. The van der Waals surface area contributed by atoms with Crippen LogP contribution in [0.15, 0.2) is 4.99 Å². The molecule has 8 unspecified atom stereocenters. The van der Waals surface area contributed by atoms with Crippen molar-refractivity contribution >= 4 is 17.4 Å². The van der Waals surface area contributed by atoms with Crippen molar-refractivity contribution in [2.75, 3.05) is 0 Å². The molecular formula is C23H41N3O2S. The number of aliphatic hydroxyl groups is 1. The van der Waals surface area contributed by atoms with Gasteiger partial charge in [0.1, 0.15) is 5.60 Å². The predicted octanol–water partition coefficient (Wildman–Crippen LogP) is 1.83. The highest BCUT2D eigenvalue weighted by atomic mass is 32.1. The van der Waals surface area contributed by atoms with E-state index in [0.29, 0.717) is 17.8 Å². The standard InChI is InChI=1S/C23H41N3O2S/c1-20(2,26-14-29)17-10-13-23(5,28-17)16-8-11-21(3,25-7)15-9-12-22(4,27)19(24-6)18(15)16/h15-19,27H,6-13,24-25H2,1-5H3. The first kappa shape index (κ1) is 23.3. The molecule has 1 saturated heterocycles. The fourth-order valence-corrected chi connectivity index (χ4v) is 7.05. The molecule has 1 aliphatic heterocycles. The number of rotatable bonds is 5. The maximum Gasteiger partial charge on any atom is 0.111 e. The Morgan fingerprint density at radius 3 is 2.34 bits per heavy atom. The van der Waals surface area contributed by atoms with E-state index in [-0.39, 0.29) is 28.8 Å². The Kier molecular flexibility index (Phi) is 6.40. The van der Waals surface area contributed by atoms with E-state index in [4.69, 9.17) is 17.0 Å². The van der Waals surface area contributed by atoms with Gasteiger partial charge in [-0.25, -0.2) is 4.99 Å². The van der Waals surface area contributed by atoms with E-state index < -0.39 is 5.60 Å². The van der Waals surface area contributed by atoms with Crippen LogP contribution in [-0.4, -0.2) is 44.7 Å². The van der Waals surface area contributed by atoms with Crippen molar-refractivity contribution in [3.63, 3.8) is 0 Å². The minimum Gasteiger partial charge on any atom is -0.474 e. The fraction of sp³-hybridized carbons (Fsp3) is 0.870. The summed E-state index contributed by atoms with van der Waals surface area (Å²) >= 11 is 4.87. The van der Waals surface area contributed by atoms with Gasteiger partial charge in [-0.2, -0.15) is 14.1 Å². The highest BCUT2D eigenvalue weighted by molar-refractivity contribution is 7.78. The van der Waals surface area contributed by atoms with Crippen molar-refractivity contribution in [3.05, 3.63) is 14.1 Å².